The summed E-state index contributed by atoms with van der Waals surface area (Å²) in [4.78, 5) is 47.0. The monoisotopic (exact) mass is 544 g/mol. The number of amides is 3. The number of nitrogens with one attached hydrogen (secondary N) is 2. The number of halogens is 1. The highest BCUT2D eigenvalue weighted by Gasteiger charge is 2.26. The number of hydrogen-bond acceptors (Lipinski definition) is 6. The van der Waals surface area contributed by atoms with Gasteiger partial charge in [-0.25, -0.2) is 4.39 Å². The third kappa shape index (κ3) is 6.45. The molecule has 9 nitrogen and oxygen atoms in total. The minimum Gasteiger partial charge on any atom is -0.366 e. The molecule has 2 aliphatic rings. The number of rotatable bonds is 6. The number of piperazine rings is 1. The van der Waals surface area contributed by atoms with Gasteiger partial charge in [0.15, 0.2) is 0 Å². The van der Waals surface area contributed by atoms with Crippen molar-refractivity contribution in [1.29, 1.82) is 0 Å². The lowest BCUT2D eigenvalue weighted by Gasteiger charge is -2.37. The number of pyridine rings is 1. The van der Waals surface area contributed by atoms with Crippen LogP contribution in [0, 0.1) is 5.82 Å². The van der Waals surface area contributed by atoms with E-state index in [0.717, 1.165) is 31.4 Å². The van der Waals surface area contributed by atoms with Crippen LogP contribution in [0.1, 0.15) is 56.8 Å². The van der Waals surface area contributed by atoms with Crippen molar-refractivity contribution in [1.82, 2.24) is 15.2 Å². The van der Waals surface area contributed by atoms with Crippen LogP contribution >= 0.6 is 0 Å². The number of carbonyl (C=O) groups excluding carboxylic acids is 3. The molecule has 1 saturated heterocycles. The van der Waals surface area contributed by atoms with Crippen molar-refractivity contribution in [3.05, 3.63) is 89.5 Å². The van der Waals surface area contributed by atoms with E-state index in [9.17, 15) is 18.8 Å². The van der Waals surface area contributed by atoms with Crippen molar-refractivity contribution in [3.8, 4) is 0 Å². The van der Waals surface area contributed by atoms with E-state index in [4.69, 9.17) is 5.73 Å². The van der Waals surface area contributed by atoms with Crippen LogP contribution in [0.4, 0.5) is 15.8 Å². The largest absolute Gasteiger partial charge is 0.366 e. The molecular formula is C30H33FN6O3. The van der Waals surface area contributed by atoms with Gasteiger partial charge in [-0.2, -0.15) is 0 Å². The first-order valence-corrected chi connectivity index (χ1v) is 13.6. The molecule has 40 heavy (non-hydrogen) atoms. The van der Waals surface area contributed by atoms with Crippen molar-refractivity contribution >= 4 is 29.1 Å². The van der Waals surface area contributed by atoms with Gasteiger partial charge in [-0.15, -0.1) is 0 Å². The molecule has 0 spiro atoms. The van der Waals surface area contributed by atoms with E-state index < -0.39 is 11.7 Å². The highest BCUT2D eigenvalue weighted by molar-refractivity contribution is 6.07. The average Bonchev–Trinajstić information content (AvgIpc) is 2.99. The first kappa shape index (κ1) is 27.3. The van der Waals surface area contributed by atoms with Gasteiger partial charge < -0.3 is 26.2 Å². The van der Waals surface area contributed by atoms with Gasteiger partial charge in [-0.1, -0.05) is 0 Å². The third-order valence-corrected chi connectivity index (χ3v) is 7.54. The van der Waals surface area contributed by atoms with Gasteiger partial charge in [-0.3, -0.25) is 19.4 Å². The summed E-state index contributed by atoms with van der Waals surface area (Å²) in [5, 5.41) is 6.01. The first-order chi connectivity index (χ1) is 19.4. The smallest absolute Gasteiger partial charge is 0.255 e. The Balaban J connectivity index is 1.34. The number of benzene rings is 2. The van der Waals surface area contributed by atoms with Crippen molar-refractivity contribution in [2.24, 2.45) is 5.73 Å². The van der Waals surface area contributed by atoms with Gasteiger partial charge in [0.05, 0.1) is 16.9 Å². The standard InChI is InChI=1S/C30H33FN6O3/c31-23-6-3-20(4-7-23)28(38)35-26-18-21(29(39)34-25-10-8-24(32)9-11-25)5-12-27(26)36-14-16-37(17-15-36)30(40)22-2-1-13-33-19-22/h1-7,12-13,18-19,24-25H,8-11,14-17,32H2,(H,34,39)(H,35,38). The second-order valence-electron chi connectivity index (χ2n) is 10.3. The molecule has 3 amide bonds. The summed E-state index contributed by atoms with van der Waals surface area (Å²) >= 11 is 0. The Hall–Kier alpha value is -4.31. The Labute approximate surface area is 232 Å². The molecule has 0 radical (unpaired) electrons. The molecular weight excluding hydrogens is 511 g/mol. The second kappa shape index (κ2) is 12.3. The van der Waals surface area contributed by atoms with Crippen LogP contribution in [0.3, 0.4) is 0 Å². The highest BCUT2D eigenvalue weighted by atomic mass is 19.1. The summed E-state index contributed by atoms with van der Waals surface area (Å²) in [6.45, 7) is 2.06. The lowest BCUT2D eigenvalue weighted by atomic mass is 9.91. The molecule has 1 aliphatic heterocycles. The zero-order valence-electron chi connectivity index (χ0n) is 22.2. The SMILES string of the molecule is NC1CCC(NC(=O)c2ccc(N3CCN(C(=O)c4cccnc4)CC3)c(NC(=O)c3ccc(F)cc3)c2)CC1. The molecule has 1 aromatic heterocycles. The van der Waals surface area contributed by atoms with Crippen LogP contribution in [0.15, 0.2) is 67.0 Å². The normalized spacial score (nSPS) is 19.1. The second-order valence-corrected chi connectivity index (χ2v) is 10.3. The average molecular weight is 545 g/mol. The van der Waals surface area contributed by atoms with Gasteiger partial charge in [0.2, 0.25) is 0 Å². The van der Waals surface area contributed by atoms with E-state index in [0.29, 0.717) is 48.6 Å². The topological polar surface area (TPSA) is 121 Å². The van der Waals surface area contributed by atoms with Gasteiger partial charge in [-0.05, 0) is 80.3 Å². The van der Waals surface area contributed by atoms with E-state index in [1.54, 1.807) is 41.6 Å². The van der Waals surface area contributed by atoms with Crippen LogP contribution in [0.25, 0.3) is 0 Å². The third-order valence-electron chi connectivity index (χ3n) is 7.54. The van der Waals surface area contributed by atoms with Crippen LogP contribution in [-0.4, -0.2) is 65.9 Å². The van der Waals surface area contributed by atoms with Gasteiger partial charge in [0, 0.05) is 61.8 Å². The molecule has 1 aliphatic carbocycles. The lowest BCUT2D eigenvalue weighted by Crippen LogP contribution is -2.49. The maximum atomic E-state index is 13.4. The maximum absolute atomic E-state index is 13.4. The molecule has 208 valence electrons. The molecule has 5 rings (SSSR count). The van der Waals surface area contributed by atoms with Gasteiger partial charge in [0.1, 0.15) is 5.82 Å². The Bertz CT molecular complexity index is 1350. The van der Waals surface area contributed by atoms with Crippen molar-refractivity contribution < 1.29 is 18.8 Å². The number of hydrogen-bond donors (Lipinski definition) is 3. The van der Waals surface area contributed by atoms with Crippen molar-refractivity contribution in [3.63, 3.8) is 0 Å². The van der Waals surface area contributed by atoms with E-state index in [1.807, 2.05) is 6.07 Å². The summed E-state index contributed by atoms with van der Waals surface area (Å²) in [7, 11) is 0. The molecule has 2 fully saturated rings. The van der Waals surface area contributed by atoms with Gasteiger partial charge >= 0.3 is 0 Å². The minimum atomic E-state index is -0.432. The Morgan fingerprint density at radius 1 is 0.850 bits per heavy atom. The Morgan fingerprint density at radius 2 is 1.55 bits per heavy atom. The molecule has 2 aromatic carbocycles. The molecule has 4 N–H and O–H groups in total. The zero-order chi connectivity index (χ0) is 28.1. The summed E-state index contributed by atoms with van der Waals surface area (Å²) in [5.74, 6) is -1.13. The molecule has 10 heteroatoms. The van der Waals surface area contributed by atoms with E-state index in [-0.39, 0.29) is 23.9 Å². The summed E-state index contributed by atoms with van der Waals surface area (Å²) < 4.78 is 13.4. The molecule has 0 atom stereocenters. The molecule has 3 aromatic rings. The minimum absolute atomic E-state index is 0.0645. The highest BCUT2D eigenvalue weighted by Crippen LogP contribution is 2.30. The maximum Gasteiger partial charge on any atom is 0.255 e. The number of aromatic nitrogens is 1. The fourth-order valence-corrected chi connectivity index (χ4v) is 5.20. The molecule has 0 bridgehead atoms. The number of nitrogens with zero attached hydrogens (tertiary/aromatic N) is 3. The quantitative estimate of drug-likeness (QED) is 0.437. The van der Waals surface area contributed by atoms with Crippen molar-refractivity contribution in [2.45, 2.75) is 37.8 Å². The zero-order valence-corrected chi connectivity index (χ0v) is 22.2. The molecule has 0 unspecified atom stereocenters. The molecule has 1 saturated carbocycles. The Morgan fingerprint density at radius 3 is 2.23 bits per heavy atom. The summed E-state index contributed by atoms with van der Waals surface area (Å²) in [5.41, 5.74) is 8.48. The fraction of sp³-hybridized carbons (Fsp3) is 0.333. The van der Waals surface area contributed by atoms with Crippen molar-refractivity contribution in [2.75, 3.05) is 36.4 Å². The first-order valence-electron chi connectivity index (χ1n) is 13.6. The number of carbonyl (C=O) groups is 3. The number of nitrogens with two attached hydrogens (primary N) is 1. The molecule has 2 heterocycles. The van der Waals surface area contributed by atoms with Crippen LogP contribution in [0.2, 0.25) is 0 Å². The summed E-state index contributed by atoms with van der Waals surface area (Å²) in [6.07, 6.45) is 6.60. The van der Waals surface area contributed by atoms with Crippen LogP contribution in [-0.2, 0) is 0 Å². The van der Waals surface area contributed by atoms with E-state index >= 15 is 0 Å². The van der Waals surface area contributed by atoms with Crippen LogP contribution < -0.4 is 21.3 Å². The van der Waals surface area contributed by atoms with E-state index in [1.165, 1.54) is 24.3 Å². The Kier molecular flexibility index (Phi) is 8.35. The van der Waals surface area contributed by atoms with Gasteiger partial charge in [0.25, 0.3) is 17.7 Å². The van der Waals surface area contributed by atoms with Crippen LogP contribution in [0.5, 0.6) is 0 Å². The number of anilines is 2. The van der Waals surface area contributed by atoms with E-state index in [2.05, 4.69) is 20.5 Å². The lowest BCUT2D eigenvalue weighted by molar-refractivity contribution is 0.0746. The predicted octanol–water partition coefficient (Wildman–Crippen LogP) is 3.44. The fourth-order valence-electron chi connectivity index (χ4n) is 5.20. The summed E-state index contributed by atoms with van der Waals surface area (Å²) in [6, 6.07) is 14.3. The predicted molar refractivity (Wildman–Crippen MR) is 151 cm³/mol.